The Morgan fingerprint density at radius 1 is 1.07 bits per heavy atom. The first-order valence-corrected chi connectivity index (χ1v) is 10.7. The lowest BCUT2D eigenvalue weighted by Crippen LogP contribution is -2.46. The van der Waals surface area contributed by atoms with Crippen molar-refractivity contribution >= 4 is 33.4 Å². The maximum atomic E-state index is 12.4. The maximum absolute atomic E-state index is 12.4. The van der Waals surface area contributed by atoms with Gasteiger partial charge < -0.3 is 24.9 Å². The van der Waals surface area contributed by atoms with E-state index in [0.29, 0.717) is 22.5 Å². The fourth-order valence-corrected chi connectivity index (χ4v) is 3.61. The molecule has 2 aromatic rings. The van der Waals surface area contributed by atoms with Gasteiger partial charge in [-0.15, -0.1) is 0 Å². The van der Waals surface area contributed by atoms with Crippen LogP contribution in [0.25, 0.3) is 0 Å². The number of nitrogens with zero attached hydrogens (tertiary/aromatic N) is 2. The number of nitrogens with one attached hydrogen (secondary N) is 2. The number of rotatable bonds is 8. The van der Waals surface area contributed by atoms with Gasteiger partial charge in [0.1, 0.15) is 0 Å². The Bertz CT molecular complexity index is 831. The number of amides is 2. The number of furan rings is 1. The van der Waals surface area contributed by atoms with Crippen LogP contribution < -0.4 is 10.6 Å². The first-order chi connectivity index (χ1) is 14.0. The molecule has 1 fully saturated rings. The third-order valence-corrected chi connectivity index (χ3v) is 5.45. The van der Waals surface area contributed by atoms with E-state index in [1.54, 1.807) is 36.4 Å². The molecule has 0 unspecified atom stereocenters. The van der Waals surface area contributed by atoms with E-state index in [2.05, 4.69) is 43.3 Å². The molecule has 0 atom stereocenters. The van der Waals surface area contributed by atoms with Crippen LogP contribution in [-0.2, 0) is 0 Å². The van der Waals surface area contributed by atoms with Crippen LogP contribution in [0.3, 0.4) is 0 Å². The molecule has 1 saturated heterocycles. The van der Waals surface area contributed by atoms with Crippen LogP contribution in [0.15, 0.2) is 45.5 Å². The van der Waals surface area contributed by atoms with Gasteiger partial charge in [-0.1, -0.05) is 13.0 Å². The molecule has 29 heavy (non-hydrogen) atoms. The van der Waals surface area contributed by atoms with Crippen LogP contribution >= 0.6 is 15.9 Å². The minimum absolute atomic E-state index is 0.141. The molecule has 0 saturated carbocycles. The standard InChI is InChI=1S/C21H27BrN4O3/c1-2-25-11-13-26(14-12-25)10-4-9-23-20(27)16-5-3-6-17(15-16)24-21(28)18-7-8-19(22)29-18/h3,5-8,15H,2,4,9-14H2,1H3,(H,23,27)(H,24,28). The average Bonchev–Trinajstić information content (AvgIpc) is 3.18. The predicted octanol–water partition coefficient (Wildman–Crippen LogP) is 3.05. The normalized spacial score (nSPS) is 15.2. The molecule has 1 aromatic carbocycles. The second-order valence-electron chi connectivity index (χ2n) is 7.02. The molecule has 1 aliphatic heterocycles. The van der Waals surface area contributed by atoms with Crippen molar-refractivity contribution in [3.63, 3.8) is 0 Å². The van der Waals surface area contributed by atoms with Gasteiger partial charge in [0.25, 0.3) is 11.8 Å². The van der Waals surface area contributed by atoms with E-state index in [0.717, 1.165) is 45.7 Å². The van der Waals surface area contributed by atoms with Crippen LogP contribution in [0.4, 0.5) is 5.69 Å². The summed E-state index contributed by atoms with van der Waals surface area (Å²) in [7, 11) is 0. The molecule has 1 aromatic heterocycles. The predicted molar refractivity (Wildman–Crippen MR) is 116 cm³/mol. The molecular weight excluding hydrogens is 436 g/mol. The van der Waals surface area contributed by atoms with Gasteiger partial charge in [-0.3, -0.25) is 9.59 Å². The summed E-state index contributed by atoms with van der Waals surface area (Å²) in [5.41, 5.74) is 1.06. The molecule has 0 aliphatic carbocycles. The van der Waals surface area contributed by atoms with Crippen molar-refractivity contribution in [1.82, 2.24) is 15.1 Å². The summed E-state index contributed by atoms with van der Waals surface area (Å²) in [4.78, 5) is 29.5. The highest BCUT2D eigenvalue weighted by atomic mass is 79.9. The molecule has 156 valence electrons. The number of carbonyl (C=O) groups excluding carboxylic acids is 2. The van der Waals surface area contributed by atoms with Crippen LogP contribution in [-0.4, -0.2) is 67.4 Å². The van der Waals surface area contributed by atoms with Crippen molar-refractivity contribution in [3.05, 3.63) is 52.4 Å². The van der Waals surface area contributed by atoms with Crippen molar-refractivity contribution in [2.75, 3.05) is 51.1 Å². The third-order valence-electron chi connectivity index (χ3n) is 5.03. The highest BCUT2D eigenvalue weighted by Gasteiger charge is 2.15. The van der Waals surface area contributed by atoms with Crippen molar-refractivity contribution in [3.8, 4) is 0 Å². The number of benzene rings is 1. The lowest BCUT2D eigenvalue weighted by molar-refractivity contribution is 0.0946. The highest BCUT2D eigenvalue weighted by Crippen LogP contribution is 2.17. The minimum atomic E-state index is -0.364. The smallest absolute Gasteiger partial charge is 0.291 e. The van der Waals surface area contributed by atoms with E-state index in [1.165, 1.54) is 0 Å². The topological polar surface area (TPSA) is 77.8 Å². The van der Waals surface area contributed by atoms with E-state index in [9.17, 15) is 9.59 Å². The Hall–Kier alpha value is -2.16. The number of carbonyl (C=O) groups is 2. The zero-order chi connectivity index (χ0) is 20.6. The summed E-state index contributed by atoms with van der Waals surface area (Å²) in [5.74, 6) is -0.305. The van der Waals surface area contributed by atoms with Crippen molar-refractivity contribution in [2.24, 2.45) is 0 Å². The van der Waals surface area contributed by atoms with Crippen LogP contribution in [0.2, 0.25) is 0 Å². The fraction of sp³-hybridized carbons (Fsp3) is 0.429. The lowest BCUT2D eigenvalue weighted by Gasteiger charge is -2.33. The molecule has 7 nitrogen and oxygen atoms in total. The lowest BCUT2D eigenvalue weighted by atomic mass is 10.2. The Kier molecular flexibility index (Phi) is 7.85. The zero-order valence-electron chi connectivity index (χ0n) is 16.6. The molecule has 8 heteroatoms. The SMILES string of the molecule is CCN1CCN(CCCNC(=O)c2cccc(NC(=O)c3ccc(Br)o3)c2)CC1. The summed E-state index contributed by atoms with van der Waals surface area (Å²) in [6.07, 6.45) is 0.918. The van der Waals surface area contributed by atoms with Crippen molar-refractivity contribution < 1.29 is 14.0 Å². The Morgan fingerprint density at radius 2 is 1.83 bits per heavy atom. The second-order valence-corrected chi connectivity index (χ2v) is 7.81. The molecular formula is C21H27BrN4O3. The minimum Gasteiger partial charge on any atom is -0.444 e. The molecule has 0 bridgehead atoms. The van der Waals surface area contributed by atoms with Gasteiger partial charge in [0.2, 0.25) is 0 Å². The van der Waals surface area contributed by atoms with Gasteiger partial charge in [-0.25, -0.2) is 0 Å². The van der Waals surface area contributed by atoms with Crippen molar-refractivity contribution in [1.29, 1.82) is 0 Å². The van der Waals surface area contributed by atoms with Crippen LogP contribution in [0, 0.1) is 0 Å². The van der Waals surface area contributed by atoms with E-state index >= 15 is 0 Å². The molecule has 0 radical (unpaired) electrons. The maximum Gasteiger partial charge on any atom is 0.291 e. The molecule has 2 heterocycles. The molecule has 2 N–H and O–H groups in total. The molecule has 0 spiro atoms. The summed E-state index contributed by atoms with van der Waals surface area (Å²) in [6.45, 7) is 9.36. The first kappa shape index (κ1) is 21.5. The van der Waals surface area contributed by atoms with Gasteiger partial charge >= 0.3 is 0 Å². The first-order valence-electron chi connectivity index (χ1n) is 9.95. The number of anilines is 1. The quantitative estimate of drug-likeness (QED) is 0.589. The van der Waals surface area contributed by atoms with Gasteiger partial charge in [0, 0.05) is 44.0 Å². The van der Waals surface area contributed by atoms with Gasteiger partial charge in [-0.05, 0) is 65.8 Å². The van der Waals surface area contributed by atoms with E-state index < -0.39 is 0 Å². The Balaban J connectivity index is 1.42. The van der Waals surface area contributed by atoms with Crippen molar-refractivity contribution in [2.45, 2.75) is 13.3 Å². The molecule has 2 amide bonds. The van der Waals surface area contributed by atoms with Gasteiger partial charge in [0.05, 0.1) is 0 Å². The molecule has 1 aliphatic rings. The number of hydrogen-bond acceptors (Lipinski definition) is 5. The Morgan fingerprint density at radius 3 is 2.52 bits per heavy atom. The van der Waals surface area contributed by atoms with Crippen LogP contribution in [0.5, 0.6) is 0 Å². The summed E-state index contributed by atoms with van der Waals surface area (Å²) in [5, 5.41) is 5.70. The number of halogens is 1. The second kappa shape index (κ2) is 10.6. The largest absolute Gasteiger partial charge is 0.444 e. The monoisotopic (exact) mass is 462 g/mol. The summed E-state index contributed by atoms with van der Waals surface area (Å²) in [6, 6.07) is 10.1. The van der Waals surface area contributed by atoms with E-state index in [1.807, 2.05) is 0 Å². The van der Waals surface area contributed by atoms with Crippen LogP contribution in [0.1, 0.15) is 34.3 Å². The molecule has 3 rings (SSSR count). The number of hydrogen-bond donors (Lipinski definition) is 2. The highest BCUT2D eigenvalue weighted by molar-refractivity contribution is 9.10. The summed E-state index contributed by atoms with van der Waals surface area (Å²) >= 11 is 3.17. The Labute approximate surface area is 179 Å². The van der Waals surface area contributed by atoms with Gasteiger partial charge in [-0.2, -0.15) is 0 Å². The van der Waals surface area contributed by atoms with E-state index in [-0.39, 0.29) is 17.6 Å². The fourth-order valence-electron chi connectivity index (χ4n) is 3.30. The number of piperazine rings is 1. The number of likely N-dealkylation sites (N-methyl/N-ethyl adjacent to an activating group) is 1. The third kappa shape index (κ3) is 6.42. The summed E-state index contributed by atoms with van der Waals surface area (Å²) < 4.78 is 5.73. The average molecular weight is 463 g/mol. The van der Waals surface area contributed by atoms with Gasteiger partial charge in [0.15, 0.2) is 10.4 Å². The zero-order valence-corrected chi connectivity index (χ0v) is 18.2. The van der Waals surface area contributed by atoms with E-state index in [4.69, 9.17) is 4.42 Å².